The second-order valence-electron chi connectivity index (χ2n) is 4.94. The second kappa shape index (κ2) is 6.21. The summed E-state index contributed by atoms with van der Waals surface area (Å²) in [6.07, 6.45) is 1.44. The van der Waals surface area contributed by atoms with Crippen LogP contribution in [0.3, 0.4) is 0 Å². The van der Waals surface area contributed by atoms with Gasteiger partial charge in [-0.3, -0.25) is 9.59 Å². The maximum Gasteiger partial charge on any atom is 0.312 e. The van der Waals surface area contributed by atoms with Crippen molar-refractivity contribution in [2.75, 3.05) is 0 Å². The van der Waals surface area contributed by atoms with Crippen molar-refractivity contribution in [2.24, 2.45) is 7.05 Å². The van der Waals surface area contributed by atoms with Gasteiger partial charge in [-0.05, 0) is 6.07 Å². The number of hydrogen-bond acceptors (Lipinski definition) is 5. The number of carbonyl (C=O) groups is 1. The molecule has 0 fully saturated rings. The van der Waals surface area contributed by atoms with E-state index in [-0.39, 0.29) is 18.6 Å². The molecule has 23 heavy (non-hydrogen) atoms. The van der Waals surface area contributed by atoms with Crippen molar-refractivity contribution in [3.63, 3.8) is 0 Å². The van der Waals surface area contributed by atoms with Gasteiger partial charge >= 0.3 is 5.97 Å². The van der Waals surface area contributed by atoms with Gasteiger partial charge in [-0.2, -0.15) is 5.10 Å². The first-order valence-electron chi connectivity index (χ1n) is 6.84. The lowest BCUT2D eigenvalue weighted by atomic mass is 10.1. The van der Waals surface area contributed by atoms with Gasteiger partial charge in [0.25, 0.3) is 5.56 Å². The third-order valence-corrected chi connectivity index (χ3v) is 3.83. The molecule has 7 nitrogen and oxygen atoms in total. The summed E-state index contributed by atoms with van der Waals surface area (Å²) in [5.74, 6) is 0.0801. The summed E-state index contributed by atoms with van der Waals surface area (Å²) in [5, 5.41) is 7.91. The molecule has 0 bridgehead atoms. The molecule has 3 aromatic rings. The zero-order chi connectivity index (χ0) is 16.4. The number of benzene rings is 1. The minimum atomic E-state index is -0.464. The van der Waals surface area contributed by atoms with Crippen molar-refractivity contribution in [1.29, 1.82) is 0 Å². The largest absolute Gasteiger partial charge is 0.457 e. The fraction of sp³-hybridized carbons (Fsp3) is 0.200. The average molecular weight is 333 g/mol. The molecule has 1 N–H and O–H groups in total. The second-order valence-corrected chi connectivity index (χ2v) is 5.33. The Morgan fingerprint density at radius 1 is 1.35 bits per heavy atom. The molecule has 0 aliphatic heterocycles. The number of rotatable bonds is 4. The average Bonchev–Trinajstić information content (AvgIpc) is 2.88. The Balaban J connectivity index is 1.75. The summed E-state index contributed by atoms with van der Waals surface area (Å²) in [5.41, 5.74) is 0.170. The van der Waals surface area contributed by atoms with Crippen molar-refractivity contribution in [2.45, 2.75) is 13.0 Å². The number of esters is 1. The lowest BCUT2D eigenvalue weighted by Crippen LogP contribution is -2.15. The number of imidazole rings is 1. The standard InChI is InChI=1S/C15H13ClN4O3/c1-20-12(16)7-17-13(20)8-23-14(21)6-11-9-4-2-3-5-10(9)15(22)19-18-11/h2-5,7H,6,8H2,1H3,(H,19,22). The van der Waals surface area contributed by atoms with Crippen LogP contribution in [0.25, 0.3) is 10.8 Å². The fourth-order valence-corrected chi connectivity index (χ4v) is 2.34. The summed E-state index contributed by atoms with van der Waals surface area (Å²) in [6, 6.07) is 6.97. The fourth-order valence-electron chi connectivity index (χ4n) is 2.20. The molecular formula is C15H13ClN4O3. The van der Waals surface area contributed by atoms with E-state index in [4.69, 9.17) is 16.3 Å². The summed E-state index contributed by atoms with van der Waals surface area (Å²) in [4.78, 5) is 27.8. The maximum absolute atomic E-state index is 12.0. The van der Waals surface area contributed by atoms with Crippen LogP contribution in [-0.2, 0) is 29.6 Å². The van der Waals surface area contributed by atoms with Gasteiger partial charge in [-0.15, -0.1) is 0 Å². The minimum Gasteiger partial charge on any atom is -0.457 e. The summed E-state index contributed by atoms with van der Waals surface area (Å²) in [7, 11) is 1.73. The van der Waals surface area contributed by atoms with Crippen molar-refractivity contribution in [1.82, 2.24) is 19.7 Å². The van der Waals surface area contributed by atoms with Crippen LogP contribution in [0.5, 0.6) is 0 Å². The predicted molar refractivity (Wildman–Crippen MR) is 84.1 cm³/mol. The number of ether oxygens (including phenoxy) is 1. The number of carbonyl (C=O) groups excluding carboxylic acids is 1. The first-order chi connectivity index (χ1) is 11.1. The van der Waals surface area contributed by atoms with Gasteiger partial charge in [0.05, 0.1) is 23.7 Å². The Kier molecular flexibility index (Phi) is 4.12. The highest BCUT2D eigenvalue weighted by molar-refractivity contribution is 6.29. The van der Waals surface area contributed by atoms with Crippen LogP contribution >= 0.6 is 11.6 Å². The lowest BCUT2D eigenvalue weighted by molar-refractivity contribution is -0.144. The molecule has 8 heteroatoms. The van der Waals surface area contributed by atoms with Gasteiger partial charge in [-0.1, -0.05) is 29.8 Å². The van der Waals surface area contributed by atoms with Gasteiger partial charge in [0.2, 0.25) is 0 Å². The normalized spacial score (nSPS) is 10.9. The molecule has 2 heterocycles. The van der Waals surface area contributed by atoms with E-state index < -0.39 is 5.97 Å². The molecule has 3 rings (SSSR count). The van der Waals surface area contributed by atoms with E-state index in [1.54, 1.807) is 35.9 Å². The van der Waals surface area contributed by atoms with Crippen LogP contribution in [0.15, 0.2) is 35.3 Å². The molecule has 0 aliphatic rings. The van der Waals surface area contributed by atoms with Crippen LogP contribution in [0, 0.1) is 0 Å². The molecule has 2 aromatic heterocycles. The van der Waals surface area contributed by atoms with Gasteiger partial charge in [0.1, 0.15) is 17.6 Å². The van der Waals surface area contributed by atoms with Crippen LogP contribution in [0.2, 0.25) is 5.15 Å². The summed E-state index contributed by atoms with van der Waals surface area (Å²) in [6.45, 7) is 0.0172. The highest BCUT2D eigenvalue weighted by atomic mass is 35.5. The van der Waals surface area contributed by atoms with E-state index in [2.05, 4.69) is 15.2 Å². The number of halogens is 1. The SMILES string of the molecule is Cn1c(Cl)cnc1COC(=O)Cc1n[nH]c(=O)c2ccccc12. The van der Waals surface area contributed by atoms with Crippen molar-refractivity contribution in [3.05, 3.63) is 57.5 Å². The Bertz CT molecular complexity index is 932. The summed E-state index contributed by atoms with van der Waals surface area (Å²) >= 11 is 5.87. The topological polar surface area (TPSA) is 89.9 Å². The molecule has 0 radical (unpaired) electrons. The zero-order valence-electron chi connectivity index (χ0n) is 12.2. The summed E-state index contributed by atoms with van der Waals surface area (Å²) < 4.78 is 6.82. The van der Waals surface area contributed by atoms with E-state index in [0.717, 1.165) is 0 Å². The molecule has 0 aliphatic carbocycles. The molecule has 118 valence electrons. The molecular weight excluding hydrogens is 320 g/mol. The van der Waals surface area contributed by atoms with Crippen molar-refractivity contribution >= 4 is 28.3 Å². The highest BCUT2D eigenvalue weighted by Gasteiger charge is 2.13. The monoisotopic (exact) mass is 332 g/mol. The van der Waals surface area contributed by atoms with E-state index in [1.807, 2.05) is 0 Å². The first kappa shape index (κ1) is 15.2. The Labute approximate surface area is 135 Å². The number of nitrogens with one attached hydrogen (secondary N) is 1. The third-order valence-electron chi connectivity index (χ3n) is 3.48. The molecule has 0 saturated heterocycles. The predicted octanol–water partition coefficient (Wildman–Crippen LogP) is 1.60. The third kappa shape index (κ3) is 3.09. The van der Waals surface area contributed by atoms with Crippen LogP contribution in [0.1, 0.15) is 11.5 Å². The quantitative estimate of drug-likeness (QED) is 0.733. The smallest absolute Gasteiger partial charge is 0.312 e. The maximum atomic E-state index is 12.0. The van der Waals surface area contributed by atoms with E-state index in [1.165, 1.54) is 6.20 Å². The molecule has 0 spiro atoms. The number of H-pyrrole nitrogens is 1. The Hall–Kier alpha value is -2.67. The Morgan fingerprint density at radius 2 is 2.09 bits per heavy atom. The molecule has 0 unspecified atom stereocenters. The first-order valence-corrected chi connectivity index (χ1v) is 7.22. The van der Waals surface area contributed by atoms with Crippen molar-refractivity contribution in [3.8, 4) is 0 Å². The molecule has 0 atom stereocenters. The van der Waals surface area contributed by atoms with Gasteiger partial charge in [0.15, 0.2) is 0 Å². The molecule has 1 aromatic carbocycles. The number of aromatic amines is 1. The van der Waals surface area contributed by atoms with Gasteiger partial charge < -0.3 is 9.30 Å². The number of aromatic nitrogens is 4. The van der Waals surface area contributed by atoms with E-state index in [0.29, 0.717) is 27.4 Å². The number of hydrogen-bond donors (Lipinski definition) is 1. The molecule has 0 amide bonds. The van der Waals surface area contributed by atoms with Crippen LogP contribution in [-0.4, -0.2) is 25.7 Å². The highest BCUT2D eigenvalue weighted by Crippen LogP contribution is 2.14. The Morgan fingerprint density at radius 3 is 2.78 bits per heavy atom. The van der Waals surface area contributed by atoms with E-state index >= 15 is 0 Å². The van der Waals surface area contributed by atoms with Crippen LogP contribution in [0.4, 0.5) is 0 Å². The van der Waals surface area contributed by atoms with Gasteiger partial charge in [-0.25, -0.2) is 10.1 Å². The number of nitrogens with zero attached hydrogens (tertiary/aromatic N) is 3. The van der Waals surface area contributed by atoms with Crippen LogP contribution < -0.4 is 5.56 Å². The minimum absolute atomic E-state index is 0.0172. The van der Waals surface area contributed by atoms with Crippen molar-refractivity contribution < 1.29 is 9.53 Å². The van der Waals surface area contributed by atoms with E-state index in [9.17, 15) is 9.59 Å². The zero-order valence-corrected chi connectivity index (χ0v) is 13.0. The lowest BCUT2D eigenvalue weighted by Gasteiger charge is -2.06. The van der Waals surface area contributed by atoms with Gasteiger partial charge in [0, 0.05) is 12.4 Å². The molecule has 0 saturated carbocycles. The number of fused-ring (bicyclic) bond motifs is 1.